The fourth-order valence-electron chi connectivity index (χ4n) is 2.74. The minimum Gasteiger partial charge on any atom is -0.358 e. The number of fused-ring (bicyclic) bond motifs is 1. The van der Waals surface area contributed by atoms with E-state index < -0.39 is 0 Å². The second-order valence-corrected chi connectivity index (χ2v) is 5.69. The van der Waals surface area contributed by atoms with Gasteiger partial charge in [0.15, 0.2) is 0 Å². The van der Waals surface area contributed by atoms with Gasteiger partial charge in [-0.15, -0.1) is 0 Å². The van der Waals surface area contributed by atoms with Gasteiger partial charge in [0.05, 0.1) is 12.5 Å². The Labute approximate surface area is 129 Å². The number of rotatable bonds is 4. The van der Waals surface area contributed by atoms with E-state index in [1.54, 1.807) is 6.20 Å². The van der Waals surface area contributed by atoms with E-state index in [-0.39, 0.29) is 11.9 Å². The Hall–Kier alpha value is -2.56. The van der Waals surface area contributed by atoms with Crippen LogP contribution in [-0.2, 0) is 11.2 Å². The average Bonchev–Trinajstić information content (AvgIpc) is 3.04. The summed E-state index contributed by atoms with van der Waals surface area (Å²) in [5, 5.41) is 4.10. The summed E-state index contributed by atoms with van der Waals surface area (Å²) in [5.41, 5.74) is 4.15. The number of hydrogen-bond acceptors (Lipinski definition) is 2. The standard InChI is InChI=1S/C17H20N4O/c1-10-9-18-17(19-10)12(3)21-16(22)8-14-11(2)20-15-7-5-4-6-13(14)15/h4-7,9,12,20H,8H2,1-3H3,(H,18,19)(H,21,22)/t12-/m0/s1. The van der Waals surface area contributed by atoms with Crippen LogP contribution in [-0.4, -0.2) is 20.9 Å². The number of imidazole rings is 1. The highest BCUT2D eigenvalue weighted by Crippen LogP contribution is 2.22. The lowest BCUT2D eigenvalue weighted by Gasteiger charge is -2.11. The summed E-state index contributed by atoms with van der Waals surface area (Å²) in [6.45, 7) is 5.88. The van der Waals surface area contributed by atoms with Gasteiger partial charge < -0.3 is 15.3 Å². The minimum absolute atomic E-state index is 0.00518. The van der Waals surface area contributed by atoms with Gasteiger partial charge in [-0.2, -0.15) is 0 Å². The summed E-state index contributed by atoms with van der Waals surface area (Å²) < 4.78 is 0. The Bertz CT molecular complexity index is 815. The van der Waals surface area contributed by atoms with E-state index >= 15 is 0 Å². The number of hydrogen-bond donors (Lipinski definition) is 3. The molecule has 0 bridgehead atoms. The first-order chi connectivity index (χ1) is 10.5. The van der Waals surface area contributed by atoms with Crippen molar-refractivity contribution >= 4 is 16.8 Å². The molecule has 2 heterocycles. The number of para-hydroxylation sites is 1. The lowest BCUT2D eigenvalue weighted by molar-refractivity contribution is -0.121. The second-order valence-electron chi connectivity index (χ2n) is 5.69. The molecule has 22 heavy (non-hydrogen) atoms. The molecule has 0 saturated carbocycles. The van der Waals surface area contributed by atoms with Gasteiger partial charge in [0.2, 0.25) is 5.91 Å². The number of carbonyl (C=O) groups is 1. The molecule has 0 aliphatic carbocycles. The van der Waals surface area contributed by atoms with Crippen LogP contribution in [0.15, 0.2) is 30.5 Å². The molecule has 2 aromatic heterocycles. The lowest BCUT2D eigenvalue weighted by atomic mass is 10.1. The number of nitrogens with one attached hydrogen (secondary N) is 3. The van der Waals surface area contributed by atoms with E-state index in [1.807, 2.05) is 45.0 Å². The minimum atomic E-state index is -0.133. The normalized spacial score (nSPS) is 12.5. The van der Waals surface area contributed by atoms with E-state index in [2.05, 4.69) is 20.3 Å². The molecular formula is C17H20N4O. The smallest absolute Gasteiger partial charge is 0.225 e. The third-order valence-corrected chi connectivity index (χ3v) is 3.87. The molecule has 0 radical (unpaired) electrons. The number of benzene rings is 1. The maximum Gasteiger partial charge on any atom is 0.225 e. The first kappa shape index (κ1) is 14.4. The Kier molecular flexibility index (Phi) is 3.71. The van der Waals surface area contributed by atoms with E-state index in [4.69, 9.17) is 0 Å². The molecule has 3 N–H and O–H groups in total. The first-order valence-corrected chi connectivity index (χ1v) is 7.41. The predicted octanol–water partition coefficient (Wildman–Crippen LogP) is 2.93. The zero-order valence-electron chi connectivity index (χ0n) is 13.0. The van der Waals surface area contributed by atoms with Gasteiger partial charge >= 0.3 is 0 Å². The third-order valence-electron chi connectivity index (χ3n) is 3.87. The highest BCUT2D eigenvalue weighted by atomic mass is 16.1. The molecule has 0 spiro atoms. The molecule has 1 amide bonds. The molecular weight excluding hydrogens is 276 g/mol. The summed E-state index contributed by atoms with van der Waals surface area (Å²) in [5.74, 6) is 0.774. The summed E-state index contributed by atoms with van der Waals surface area (Å²) >= 11 is 0. The van der Waals surface area contributed by atoms with Crippen molar-refractivity contribution in [3.8, 4) is 0 Å². The molecule has 5 heteroatoms. The zero-order chi connectivity index (χ0) is 15.7. The van der Waals surface area contributed by atoms with E-state index in [0.29, 0.717) is 6.42 Å². The number of aromatic amines is 2. The first-order valence-electron chi connectivity index (χ1n) is 7.41. The van der Waals surface area contributed by atoms with Crippen molar-refractivity contribution in [3.05, 3.63) is 53.2 Å². The van der Waals surface area contributed by atoms with Crippen LogP contribution < -0.4 is 5.32 Å². The number of H-pyrrole nitrogens is 2. The van der Waals surface area contributed by atoms with Gasteiger partial charge in [-0.05, 0) is 32.4 Å². The fourth-order valence-corrected chi connectivity index (χ4v) is 2.74. The molecule has 0 unspecified atom stereocenters. The molecule has 1 atom stereocenters. The Morgan fingerprint density at radius 2 is 2.05 bits per heavy atom. The van der Waals surface area contributed by atoms with Gasteiger partial charge in [-0.25, -0.2) is 4.98 Å². The van der Waals surface area contributed by atoms with Crippen LogP contribution >= 0.6 is 0 Å². The molecule has 0 fully saturated rings. The monoisotopic (exact) mass is 296 g/mol. The molecule has 0 aliphatic heterocycles. The molecule has 0 aliphatic rings. The van der Waals surface area contributed by atoms with E-state index in [0.717, 1.165) is 33.7 Å². The maximum atomic E-state index is 12.3. The highest BCUT2D eigenvalue weighted by molar-refractivity contribution is 5.90. The lowest BCUT2D eigenvalue weighted by Crippen LogP contribution is -2.28. The van der Waals surface area contributed by atoms with E-state index in [1.165, 1.54) is 0 Å². The van der Waals surface area contributed by atoms with Crippen LogP contribution in [0.25, 0.3) is 10.9 Å². The molecule has 114 valence electrons. The van der Waals surface area contributed by atoms with Crippen molar-refractivity contribution in [3.63, 3.8) is 0 Å². The van der Waals surface area contributed by atoms with Crippen LogP contribution in [0.1, 0.15) is 35.7 Å². The number of aromatic nitrogens is 3. The van der Waals surface area contributed by atoms with Crippen LogP contribution in [0, 0.1) is 13.8 Å². The SMILES string of the molecule is Cc1cnc([C@H](C)NC(=O)Cc2c(C)[nH]c3ccccc23)[nH]1. The number of amides is 1. The molecule has 5 nitrogen and oxygen atoms in total. The molecule has 1 aromatic carbocycles. The largest absolute Gasteiger partial charge is 0.358 e. The Morgan fingerprint density at radius 1 is 1.27 bits per heavy atom. The zero-order valence-corrected chi connectivity index (χ0v) is 13.0. The number of aryl methyl sites for hydroxylation is 2. The second kappa shape index (κ2) is 5.67. The molecule has 0 saturated heterocycles. The van der Waals surface area contributed by atoms with Crippen LogP contribution in [0.2, 0.25) is 0 Å². The molecule has 3 rings (SSSR count). The van der Waals surface area contributed by atoms with E-state index in [9.17, 15) is 4.79 Å². The van der Waals surface area contributed by atoms with Crippen molar-refractivity contribution in [2.24, 2.45) is 0 Å². The summed E-state index contributed by atoms with van der Waals surface area (Å²) in [6.07, 6.45) is 2.13. The Morgan fingerprint density at radius 3 is 2.77 bits per heavy atom. The van der Waals surface area contributed by atoms with Gasteiger partial charge in [0.1, 0.15) is 5.82 Å². The average molecular weight is 296 g/mol. The van der Waals surface area contributed by atoms with Gasteiger partial charge in [-0.1, -0.05) is 18.2 Å². The fraction of sp³-hybridized carbons (Fsp3) is 0.294. The summed E-state index contributed by atoms with van der Waals surface area (Å²) in [7, 11) is 0. The molecule has 3 aromatic rings. The van der Waals surface area contributed by atoms with Crippen molar-refractivity contribution in [1.29, 1.82) is 0 Å². The quantitative estimate of drug-likeness (QED) is 0.692. The highest BCUT2D eigenvalue weighted by Gasteiger charge is 2.16. The summed E-state index contributed by atoms with van der Waals surface area (Å²) in [6, 6.07) is 7.92. The number of carbonyl (C=O) groups excluding carboxylic acids is 1. The van der Waals surface area contributed by atoms with Crippen LogP contribution in [0.5, 0.6) is 0 Å². The topological polar surface area (TPSA) is 73.6 Å². The predicted molar refractivity (Wildman–Crippen MR) is 86.6 cm³/mol. The van der Waals surface area contributed by atoms with Crippen molar-refractivity contribution in [1.82, 2.24) is 20.3 Å². The van der Waals surface area contributed by atoms with Crippen molar-refractivity contribution in [2.45, 2.75) is 33.2 Å². The van der Waals surface area contributed by atoms with Crippen molar-refractivity contribution in [2.75, 3.05) is 0 Å². The maximum absolute atomic E-state index is 12.3. The van der Waals surface area contributed by atoms with Gasteiger partial charge in [0.25, 0.3) is 0 Å². The Balaban J connectivity index is 1.74. The summed E-state index contributed by atoms with van der Waals surface area (Å²) in [4.78, 5) is 23.1. The van der Waals surface area contributed by atoms with Gasteiger partial charge in [-0.3, -0.25) is 4.79 Å². The third kappa shape index (κ3) is 2.74. The number of nitrogens with zero attached hydrogens (tertiary/aromatic N) is 1. The van der Waals surface area contributed by atoms with Crippen LogP contribution in [0.4, 0.5) is 0 Å². The van der Waals surface area contributed by atoms with Crippen molar-refractivity contribution < 1.29 is 4.79 Å². The van der Waals surface area contributed by atoms with Crippen LogP contribution in [0.3, 0.4) is 0 Å². The van der Waals surface area contributed by atoms with Gasteiger partial charge in [0, 0.05) is 28.5 Å².